The second-order valence-corrected chi connectivity index (χ2v) is 10.1. The molecule has 7 atom stereocenters. The van der Waals surface area contributed by atoms with Crippen LogP contribution >= 0.6 is 0 Å². The number of piperazine rings is 1. The molecule has 2 amide bonds. The van der Waals surface area contributed by atoms with Gasteiger partial charge in [0, 0.05) is 25.2 Å². The second kappa shape index (κ2) is 7.82. The standard InChI is InChI=1S/C24H30FN5O2/c1-13(2)22(14-3-5-16(25)6-4-14)30-18-9-21(24(30)32)28(11-18)12-19(27)23(31)29-17(10-26)7-15-8-20(15)29/h3-6,13,15,17-22H,7-9,11-12,27H2,1-2H3/t15-,17+,18+,19+,20+,21+,22-/m1/s1. The fourth-order valence-electron chi connectivity index (χ4n) is 6.19. The van der Waals surface area contributed by atoms with Crippen LogP contribution in [0.3, 0.4) is 0 Å². The van der Waals surface area contributed by atoms with Crippen molar-refractivity contribution in [3.63, 3.8) is 0 Å². The van der Waals surface area contributed by atoms with Gasteiger partial charge in [-0.2, -0.15) is 5.26 Å². The maximum absolute atomic E-state index is 13.4. The first kappa shape index (κ1) is 21.4. The van der Waals surface area contributed by atoms with Crippen LogP contribution in [0.5, 0.6) is 0 Å². The molecule has 5 rings (SSSR count). The number of hydrogen-bond acceptors (Lipinski definition) is 5. The third-order valence-corrected chi connectivity index (χ3v) is 7.71. The molecule has 0 spiro atoms. The second-order valence-electron chi connectivity index (χ2n) is 10.1. The van der Waals surface area contributed by atoms with Crippen LogP contribution in [-0.4, -0.2) is 69.8 Å². The molecular weight excluding hydrogens is 409 g/mol. The van der Waals surface area contributed by atoms with Crippen LogP contribution in [0.2, 0.25) is 0 Å². The van der Waals surface area contributed by atoms with E-state index in [0.29, 0.717) is 19.0 Å². The Morgan fingerprint density at radius 2 is 1.97 bits per heavy atom. The lowest BCUT2D eigenvalue weighted by Gasteiger charge is -2.41. The highest BCUT2D eigenvalue weighted by Crippen LogP contribution is 2.48. The number of hydrogen-bond donors (Lipinski definition) is 1. The Kier molecular flexibility index (Phi) is 5.22. The van der Waals surface area contributed by atoms with Crippen molar-refractivity contribution in [2.45, 2.75) is 69.4 Å². The lowest BCUT2D eigenvalue weighted by molar-refractivity contribution is -0.142. The minimum Gasteiger partial charge on any atom is -0.330 e. The molecular formula is C24H30FN5O2. The molecule has 0 aromatic heterocycles. The minimum atomic E-state index is -0.733. The van der Waals surface area contributed by atoms with Crippen molar-refractivity contribution < 1.29 is 14.0 Å². The molecule has 4 aliphatic rings. The summed E-state index contributed by atoms with van der Waals surface area (Å²) in [6, 6.07) is 7.39. The Morgan fingerprint density at radius 1 is 1.25 bits per heavy atom. The van der Waals surface area contributed by atoms with Gasteiger partial charge in [-0.1, -0.05) is 26.0 Å². The van der Waals surface area contributed by atoms with E-state index in [2.05, 4.69) is 19.9 Å². The van der Waals surface area contributed by atoms with Crippen LogP contribution in [0.4, 0.5) is 4.39 Å². The smallest absolute Gasteiger partial charge is 0.242 e. The molecule has 170 valence electrons. The molecule has 32 heavy (non-hydrogen) atoms. The minimum absolute atomic E-state index is 0.0544. The summed E-state index contributed by atoms with van der Waals surface area (Å²) in [5.41, 5.74) is 7.24. The van der Waals surface area contributed by atoms with Crippen molar-refractivity contribution in [2.24, 2.45) is 17.6 Å². The number of carbonyl (C=O) groups is 2. The zero-order valence-corrected chi connectivity index (χ0v) is 18.5. The van der Waals surface area contributed by atoms with Gasteiger partial charge in [-0.25, -0.2) is 4.39 Å². The van der Waals surface area contributed by atoms with Gasteiger partial charge in [0.05, 0.1) is 24.2 Å². The lowest BCUT2D eigenvalue weighted by atomic mass is 9.93. The van der Waals surface area contributed by atoms with Gasteiger partial charge < -0.3 is 15.5 Å². The van der Waals surface area contributed by atoms with E-state index in [1.54, 1.807) is 17.0 Å². The van der Waals surface area contributed by atoms with Crippen LogP contribution in [0, 0.1) is 29.0 Å². The quantitative estimate of drug-likeness (QED) is 0.728. The average Bonchev–Trinajstić information content (AvgIpc) is 3.10. The number of likely N-dealkylation sites (tertiary alicyclic amines) is 3. The van der Waals surface area contributed by atoms with Crippen molar-refractivity contribution in [3.8, 4) is 6.07 Å². The largest absolute Gasteiger partial charge is 0.330 e. The Bertz CT molecular complexity index is 960. The third kappa shape index (κ3) is 3.39. The number of rotatable bonds is 6. The van der Waals surface area contributed by atoms with E-state index >= 15 is 0 Å². The van der Waals surface area contributed by atoms with Gasteiger partial charge in [-0.3, -0.25) is 14.5 Å². The van der Waals surface area contributed by atoms with Gasteiger partial charge in [0.25, 0.3) is 0 Å². The highest BCUT2D eigenvalue weighted by molar-refractivity contribution is 5.87. The summed E-state index contributed by atoms with van der Waals surface area (Å²) in [4.78, 5) is 32.1. The normalized spacial score (nSPS) is 32.9. The number of nitrogens with two attached hydrogens (primary N) is 1. The monoisotopic (exact) mass is 439 g/mol. The fourth-order valence-corrected chi connectivity index (χ4v) is 6.19. The number of piperidine rings is 1. The van der Waals surface area contributed by atoms with E-state index in [0.717, 1.165) is 24.8 Å². The van der Waals surface area contributed by atoms with Crippen molar-refractivity contribution in [1.82, 2.24) is 14.7 Å². The first-order chi connectivity index (χ1) is 15.3. The van der Waals surface area contributed by atoms with E-state index < -0.39 is 6.04 Å². The molecule has 0 unspecified atom stereocenters. The molecule has 0 radical (unpaired) electrons. The molecule has 4 fully saturated rings. The first-order valence-corrected chi connectivity index (χ1v) is 11.6. The van der Waals surface area contributed by atoms with Crippen molar-refractivity contribution in [2.75, 3.05) is 13.1 Å². The summed E-state index contributed by atoms with van der Waals surface area (Å²) in [6.45, 7) is 5.16. The first-order valence-electron chi connectivity index (χ1n) is 11.6. The Morgan fingerprint density at radius 3 is 2.59 bits per heavy atom. The van der Waals surface area contributed by atoms with E-state index in [1.165, 1.54) is 12.1 Å². The topological polar surface area (TPSA) is 93.7 Å². The molecule has 1 aromatic carbocycles. The van der Waals surface area contributed by atoms with Gasteiger partial charge in [-0.05, 0) is 48.8 Å². The molecule has 8 heteroatoms. The van der Waals surface area contributed by atoms with E-state index in [9.17, 15) is 19.2 Å². The molecule has 1 aliphatic carbocycles. The molecule has 1 aromatic rings. The highest BCUT2D eigenvalue weighted by atomic mass is 19.1. The van der Waals surface area contributed by atoms with Gasteiger partial charge in [0.1, 0.15) is 11.9 Å². The van der Waals surface area contributed by atoms with E-state index in [4.69, 9.17) is 5.73 Å². The lowest BCUT2D eigenvalue weighted by Crippen LogP contribution is -2.57. The Hall–Kier alpha value is -2.50. The molecule has 1 saturated carbocycles. The number of halogens is 1. The van der Waals surface area contributed by atoms with Crippen LogP contribution in [0.1, 0.15) is 44.7 Å². The number of fused-ring (bicyclic) bond motifs is 3. The molecule has 3 heterocycles. The van der Waals surface area contributed by atoms with E-state index in [-0.39, 0.29) is 53.8 Å². The SMILES string of the molecule is CC(C)[C@H](c1ccc(F)cc1)N1C(=O)[C@@H]2C[C@H]1CN2C[C@H](N)C(=O)N1[C@H](C#N)C[C@@H]2C[C@@H]21. The summed E-state index contributed by atoms with van der Waals surface area (Å²) in [6.07, 6.45) is 2.44. The third-order valence-electron chi connectivity index (χ3n) is 7.71. The molecule has 7 nitrogen and oxygen atoms in total. The zero-order chi connectivity index (χ0) is 22.7. The average molecular weight is 440 g/mol. The van der Waals surface area contributed by atoms with Gasteiger partial charge in [0.2, 0.25) is 11.8 Å². The number of amides is 2. The van der Waals surface area contributed by atoms with Gasteiger partial charge in [-0.15, -0.1) is 0 Å². The molecule has 3 saturated heterocycles. The molecule has 2 bridgehead atoms. The van der Waals surface area contributed by atoms with Crippen LogP contribution in [0.25, 0.3) is 0 Å². The number of nitriles is 1. The summed E-state index contributed by atoms with van der Waals surface area (Å²) >= 11 is 0. The summed E-state index contributed by atoms with van der Waals surface area (Å²) in [7, 11) is 0. The highest BCUT2D eigenvalue weighted by Gasteiger charge is 2.56. The zero-order valence-electron chi connectivity index (χ0n) is 18.5. The van der Waals surface area contributed by atoms with Crippen molar-refractivity contribution in [3.05, 3.63) is 35.6 Å². The predicted molar refractivity (Wildman–Crippen MR) is 115 cm³/mol. The predicted octanol–water partition coefficient (Wildman–Crippen LogP) is 1.65. The number of carbonyl (C=O) groups excluding carboxylic acids is 2. The van der Waals surface area contributed by atoms with Crippen LogP contribution < -0.4 is 5.73 Å². The van der Waals surface area contributed by atoms with Crippen molar-refractivity contribution in [1.29, 1.82) is 5.26 Å². The van der Waals surface area contributed by atoms with Crippen LogP contribution in [0.15, 0.2) is 24.3 Å². The fraction of sp³-hybridized carbons (Fsp3) is 0.625. The molecule has 3 aliphatic heterocycles. The number of benzene rings is 1. The Labute approximate surface area is 187 Å². The van der Waals surface area contributed by atoms with Gasteiger partial charge >= 0.3 is 0 Å². The maximum Gasteiger partial charge on any atom is 0.242 e. The summed E-state index contributed by atoms with van der Waals surface area (Å²) in [5.74, 6) is 0.241. The van der Waals surface area contributed by atoms with Crippen molar-refractivity contribution >= 4 is 11.8 Å². The Balaban J connectivity index is 1.27. The summed E-state index contributed by atoms with van der Waals surface area (Å²) < 4.78 is 13.4. The maximum atomic E-state index is 13.4. The summed E-state index contributed by atoms with van der Waals surface area (Å²) in [5, 5.41) is 9.38. The van der Waals surface area contributed by atoms with Gasteiger partial charge in [0.15, 0.2) is 0 Å². The number of nitrogens with zero attached hydrogens (tertiary/aromatic N) is 4. The van der Waals surface area contributed by atoms with E-state index in [1.807, 2.05) is 9.80 Å². The van der Waals surface area contributed by atoms with Crippen LogP contribution in [-0.2, 0) is 9.59 Å². The molecule has 2 N–H and O–H groups in total.